The van der Waals surface area contributed by atoms with Gasteiger partial charge in [-0.25, -0.2) is 4.79 Å². The van der Waals surface area contributed by atoms with Crippen LogP contribution in [-0.4, -0.2) is 42.1 Å². The predicted molar refractivity (Wildman–Crippen MR) is 73.6 cm³/mol. The lowest BCUT2D eigenvalue weighted by atomic mass is 10.1. The number of nitrogens with one attached hydrogen (secondary N) is 1. The molecule has 5 heteroatoms. The van der Waals surface area contributed by atoms with E-state index in [1.165, 1.54) is 5.56 Å². The van der Waals surface area contributed by atoms with Crippen molar-refractivity contribution in [3.63, 3.8) is 0 Å². The van der Waals surface area contributed by atoms with Gasteiger partial charge in [0.2, 0.25) is 0 Å². The van der Waals surface area contributed by atoms with Crippen molar-refractivity contribution in [1.82, 2.24) is 4.90 Å². The monoisotopic (exact) mass is 264 g/mol. The maximum absolute atomic E-state index is 12.0. The van der Waals surface area contributed by atoms with Crippen molar-refractivity contribution in [3.05, 3.63) is 23.8 Å². The molecule has 2 aliphatic rings. The number of ether oxygens (including phenoxy) is 1. The second kappa shape index (κ2) is 5.10. The first-order valence-corrected chi connectivity index (χ1v) is 7.38. The SMILES string of the molecule is O=C(Nc1ccc2c(c1)CCO2)N1CCSCC1. The van der Waals surface area contributed by atoms with Gasteiger partial charge in [0.1, 0.15) is 5.75 Å². The zero-order valence-electron chi connectivity index (χ0n) is 10.1. The highest BCUT2D eigenvalue weighted by molar-refractivity contribution is 7.99. The third-order valence-electron chi connectivity index (χ3n) is 3.24. The fourth-order valence-corrected chi connectivity index (χ4v) is 3.14. The molecule has 0 bridgehead atoms. The van der Waals surface area contributed by atoms with Crippen molar-refractivity contribution in [2.24, 2.45) is 0 Å². The second-order valence-corrected chi connectivity index (χ2v) is 5.68. The van der Waals surface area contributed by atoms with Crippen LogP contribution in [0.25, 0.3) is 0 Å². The van der Waals surface area contributed by atoms with Crippen LogP contribution >= 0.6 is 11.8 Å². The predicted octanol–water partition coefficient (Wildman–Crippen LogP) is 2.20. The standard InChI is InChI=1S/C13H16N2O2S/c16-13(15-4-7-18-8-5-15)14-11-1-2-12-10(9-11)3-6-17-12/h1-2,9H,3-8H2,(H,14,16). The van der Waals surface area contributed by atoms with Gasteiger partial charge < -0.3 is 15.0 Å². The Morgan fingerprint density at radius 2 is 2.17 bits per heavy atom. The number of carbonyl (C=O) groups excluding carboxylic acids is 1. The van der Waals surface area contributed by atoms with Crippen LogP contribution in [0, 0.1) is 0 Å². The molecule has 1 N–H and O–H groups in total. The number of hydrogen-bond donors (Lipinski definition) is 1. The summed E-state index contributed by atoms with van der Waals surface area (Å²) in [6.45, 7) is 2.42. The summed E-state index contributed by atoms with van der Waals surface area (Å²) in [6, 6.07) is 5.86. The number of urea groups is 1. The van der Waals surface area contributed by atoms with Gasteiger partial charge in [0.15, 0.2) is 0 Å². The summed E-state index contributed by atoms with van der Waals surface area (Å²) in [5.41, 5.74) is 2.05. The van der Waals surface area contributed by atoms with E-state index in [0.717, 1.165) is 49.1 Å². The minimum atomic E-state index is 0.00849. The van der Waals surface area contributed by atoms with Crippen molar-refractivity contribution in [2.45, 2.75) is 6.42 Å². The number of amides is 2. The molecule has 0 aliphatic carbocycles. The number of benzene rings is 1. The lowest BCUT2D eigenvalue weighted by Crippen LogP contribution is -2.40. The number of nitrogens with zero attached hydrogens (tertiary/aromatic N) is 1. The van der Waals surface area contributed by atoms with Gasteiger partial charge in [-0.1, -0.05) is 0 Å². The summed E-state index contributed by atoms with van der Waals surface area (Å²) in [7, 11) is 0. The molecule has 0 radical (unpaired) electrons. The van der Waals surface area contributed by atoms with E-state index in [2.05, 4.69) is 5.32 Å². The highest BCUT2D eigenvalue weighted by Crippen LogP contribution is 2.28. The topological polar surface area (TPSA) is 41.6 Å². The Balaban J connectivity index is 1.66. The zero-order valence-corrected chi connectivity index (χ0v) is 11.0. The first kappa shape index (κ1) is 11.7. The molecular weight excluding hydrogens is 248 g/mol. The Kier molecular flexibility index (Phi) is 3.32. The number of rotatable bonds is 1. The normalized spacial score (nSPS) is 18.1. The maximum atomic E-state index is 12.0. The second-order valence-electron chi connectivity index (χ2n) is 4.45. The van der Waals surface area contributed by atoms with Crippen molar-refractivity contribution < 1.29 is 9.53 Å². The Bertz CT molecular complexity index is 458. The Labute approximate surface area is 111 Å². The largest absolute Gasteiger partial charge is 0.493 e. The fraction of sp³-hybridized carbons (Fsp3) is 0.462. The molecule has 0 spiro atoms. The highest BCUT2D eigenvalue weighted by atomic mass is 32.2. The van der Waals surface area contributed by atoms with E-state index in [0.29, 0.717) is 0 Å². The number of carbonyl (C=O) groups is 1. The molecule has 2 heterocycles. The fourth-order valence-electron chi connectivity index (χ4n) is 2.23. The van der Waals surface area contributed by atoms with Gasteiger partial charge >= 0.3 is 6.03 Å². The minimum Gasteiger partial charge on any atom is -0.493 e. The molecule has 2 amide bonds. The van der Waals surface area contributed by atoms with E-state index < -0.39 is 0 Å². The van der Waals surface area contributed by atoms with Gasteiger partial charge in [0.05, 0.1) is 6.61 Å². The molecule has 2 aliphatic heterocycles. The number of thioether (sulfide) groups is 1. The molecule has 0 atom stereocenters. The number of fused-ring (bicyclic) bond motifs is 1. The summed E-state index contributed by atoms with van der Waals surface area (Å²) in [5.74, 6) is 3.01. The molecule has 1 fully saturated rings. The third kappa shape index (κ3) is 2.41. The van der Waals surface area contributed by atoms with E-state index in [9.17, 15) is 4.79 Å². The Morgan fingerprint density at radius 1 is 1.33 bits per heavy atom. The van der Waals surface area contributed by atoms with Gasteiger partial charge in [-0.3, -0.25) is 0 Å². The Morgan fingerprint density at radius 3 is 3.00 bits per heavy atom. The smallest absolute Gasteiger partial charge is 0.321 e. The van der Waals surface area contributed by atoms with E-state index >= 15 is 0 Å². The average Bonchev–Trinajstić information content (AvgIpc) is 2.87. The quantitative estimate of drug-likeness (QED) is 0.845. The highest BCUT2D eigenvalue weighted by Gasteiger charge is 2.18. The van der Waals surface area contributed by atoms with E-state index in [-0.39, 0.29) is 6.03 Å². The summed E-state index contributed by atoms with van der Waals surface area (Å²) < 4.78 is 5.45. The molecule has 18 heavy (non-hydrogen) atoms. The molecule has 0 unspecified atom stereocenters. The van der Waals surface area contributed by atoms with Gasteiger partial charge in [0, 0.05) is 36.7 Å². The van der Waals surface area contributed by atoms with Crippen LogP contribution in [0.3, 0.4) is 0 Å². The van der Waals surface area contributed by atoms with Gasteiger partial charge in [-0.2, -0.15) is 11.8 Å². The molecule has 1 saturated heterocycles. The summed E-state index contributed by atoms with van der Waals surface area (Å²) in [4.78, 5) is 13.9. The summed E-state index contributed by atoms with van der Waals surface area (Å²) in [6.07, 6.45) is 0.930. The molecule has 1 aromatic rings. The van der Waals surface area contributed by atoms with Crippen molar-refractivity contribution in [3.8, 4) is 5.75 Å². The minimum absolute atomic E-state index is 0.00849. The third-order valence-corrected chi connectivity index (χ3v) is 4.18. The summed E-state index contributed by atoms with van der Waals surface area (Å²) >= 11 is 1.90. The first-order chi connectivity index (χ1) is 8.83. The van der Waals surface area contributed by atoms with E-state index in [1.807, 2.05) is 34.9 Å². The van der Waals surface area contributed by atoms with Crippen LogP contribution in [0.4, 0.5) is 10.5 Å². The summed E-state index contributed by atoms with van der Waals surface area (Å²) in [5, 5.41) is 2.96. The van der Waals surface area contributed by atoms with Crippen LogP contribution in [0.1, 0.15) is 5.56 Å². The molecule has 96 valence electrons. The van der Waals surface area contributed by atoms with Gasteiger partial charge in [0.25, 0.3) is 0 Å². The molecule has 0 aromatic heterocycles. The van der Waals surface area contributed by atoms with E-state index in [4.69, 9.17) is 4.74 Å². The zero-order chi connectivity index (χ0) is 12.4. The van der Waals surface area contributed by atoms with Gasteiger partial charge in [-0.15, -0.1) is 0 Å². The maximum Gasteiger partial charge on any atom is 0.321 e. The molecule has 4 nitrogen and oxygen atoms in total. The van der Waals surface area contributed by atoms with Crippen molar-refractivity contribution in [1.29, 1.82) is 0 Å². The Hall–Kier alpha value is -1.36. The van der Waals surface area contributed by atoms with Crippen LogP contribution in [0.5, 0.6) is 5.75 Å². The van der Waals surface area contributed by atoms with Gasteiger partial charge in [-0.05, 0) is 23.8 Å². The van der Waals surface area contributed by atoms with E-state index in [1.54, 1.807) is 0 Å². The van der Waals surface area contributed by atoms with Crippen LogP contribution in [0.2, 0.25) is 0 Å². The molecule has 0 saturated carbocycles. The molecular formula is C13H16N2O2S. The van der Waals surface area contributed by atoms with Crippen molar-refractivity contribution >= 4 is 23.5 Å². The van der Waals surface area contributed by atoms with Crippen LogP contribution in [-0.2, 0) is 6.42 Å². The molecule has 1 aromatic carbocycles. The lowest BCUT2D eigenvalue weighted by molar-refractivity contribution is 0.217. The number of hydrogen-bond acceptors (Lipinski definition) is 3. The average molecular weight is 264 g/mol. The lowest BCUT2D eigenvalue weighted by Gasteiger charge is -2.26. The molecule has 3 rings (SSSR count). The van der Waals surface area contributed by atoms with Crippen LogP contribution < -0.4 is 10.1 Å². The first-order valence-electron chi connectivity index (χ1n) is 6.22. The number of anilines is 1. The van der Waals surface area contributed by atoms with Crippen molar-refractivity contribution in [2.75, 3.05) is 36.5 Å². The van der Waals surface area contributed by atoms with Crippen LogP contribution in [0.15, 0.2) is 18.2 Å².